The van der Waals surface area contributed by atoms with E-state index in [2.05, 4.69) is 9.88 Å². The van der Waals surface area contributed by atoms with E-state index >= 15 is 0 Å². The Bertz CT molecular complexity index is 1180. The molecule has 0 spiro atoms. The number of hydrogen-bond acceptors (Lipinski definition) is 7. The monoisotopic (exact) mass is 486 g/mol. The van der Waals surface area contributed by atoms with Crippen molar-refractivity contribution in [3.8, 4) is 0 Å². The quantitative estimate of drug-likeness (QED) is 0.609. The molecule has 1 unspecified atom stereocenters. The molecule has 6 N–H and O–H groups in total. The molecule has 1 saturated heterocycles. The van der Waals surface area contributed by atoms with Gasteiger partial charge < -0.3 is 27.0 Å². The number of thioether (sulfide) groups is 1. The Kier molecular flexibility index (Phi) is 5.68. The first-order chi connectivity index (χ1) is 16.2. The molecule has 1 amide bonds. The van der Waals surface area contributed by atoms with Crippen LogP contribution in [-0.2, 0) is 17.6 Å². The number of primary amides is 1. The number of rotatable bonds is 4. The van der Waals surface area contributed by atoms with Crippen LogP contribution in [0, 0.1) is 11.6 Å². The topological polar surface area (TPSA) is 114 Å². The van der Waals surface area contributed by atoms with Gasteiger partial charge in [0.25, 0.3) is 5.91 Å². The molecule has 0 bridgehead atoms. The van der Waals surface area contributed by atoms with Gasteiger partial charge in [0.2, 0.25) is 0 Å². The highest BCUT2D eigenvalue weighted by Gasteiger charge is 2.42. The number of piperidine rings is 1. The summed E-state index contributed by atoms with van der Waals surface area (Å²) >= 11 is 1.01. The number of fused-ring (bicyclic) bond motifs is 1. The summed E-state index contributed by atoms with van der Waals surface area (Å²) in [5.41, 5.74) is 21.5. The number of pyridine rings is 1. The highest BCUT2D eigenvalue weighted by Crippen LogP contribution is 2.52. The Morgan fingerprint density at radius 3 is 2.65 bits per heavy atom. The molecule has 34 heavy (non-hydrogen) atoms. The average molecular weight is 487 g/mol. The van der Waals surface area contributed by atoms with Gasteiger partial charge >= 0.3 is 0 Å². The second-order valence-corrected chi connectivity index (χ2v) is 10.6. The minimum Gasteiger partial charge on any atom is -0.392 e. The van der Waals surface area contributed by atoms with Crippen molar-refractivity contribution in [1.29, 1.82) is 0 Å². The van der Waals surface area contributed by atoms with Crippen LogP contribution < -0.4 is 27.0 Å². The molecule has 1 aliphatic carbocycles. The maximum atomic E-state index is 14.9. The molecule has 2 aliphatic heterocycles. The minimum atomic E-state index is -0.947. The van der Waals surface area contributed by atoms with Crippen LogP contribution in [0.3, 0.4) is 0 Å². The first-order valence-electron chi connectivity index (χ1n) is 11.4. The standard InChI is InChI=1S/C24H28F2N6OS/c1-24(29)9-4-10-31(12-24)19-13-5-2-8-16(13)30-11-17(19)32-20(21(27)33)22(28)34-23(32)18-14(25)6-3-7-15(18)26/h3,6-7,11,23H,2,4-5,8-10,12,28-29H2,1H3,(H2,27,33)/t23?,24-/m0/s1. The summed E-state index contributed by atoms with van der Waals surface area (Å²) in [6, 6.07) is 3.70. The van der Waals surface area contributed by atoms with Crippen molar-refractivity contribution in [3.63, 3.8) is 0 Å². The zero-order valence-corrected chi connectivity index (χ0v) is 19.8. The van der Waals surface area contributed by atoms with Crippen LogP contribution in [0.4, 0.5) is 20.2 Å². The molecule has 0 saturated carbocycles. The van der Waals surface area contributed by atoms with Gasteiger partial charge in [-0.25, -0.2) is 8.78 Å². The molecular formula is C24H28F2N6OS. The van der Waals surface area contributed by atoms with Gasteiger partial charge in [0.05, 0.1) is 28.2 Å². The molecule has 1 aromatic carbocycles. The Balaban J connectivity index is 1.72. The van der Waals surface area contributed by atoms with E-state index in [1.807, 2.05) is 6.92 Å². The van der Waals surface area contributed by atoms with Gasteiger partial charge in [-0.05, 0) is 56.7 Å². The summed E-state index contributed by atoms with van der Waals surface area (Å²) in [6.45, 7) is 3.42. The fourth-order valence-electron chi connectivity index (χ4n) is 5.35. The number of hydrogen-bond donors (Lipinski definition) is 3. The first-order valence-corrected chi connectivity index (χ1v) is 12.3. The second-order valence-electron chi connectivity index (χ2n) is 9.50. The predicted octanol–water partition coefficient (Wildman–Crippen LogP) is 3.03. The predicted molar refractivity (Wildman–Crippen MR) is 130 cm³/mol. The van der Waals surface area contributed by atoms with Crippen LogP contribution in [0.1, 0.15) is 48.4 Å². The van der Waals surface area contributed by atoms with Crippen molar-refractivity contribution in [3.05, 3.63) is 63.6 Å². The lowest BCUT2D eigenvalue weighted by Crippen LogP contribution is -2.52. The second kappa shape index (κ2) is 8.42. The van der Waals surface area contributed by atoms with Crippen LogP contribution in [0.5, 0.6) is 0 Å². The summed E-state index contributed by atoms with van der Waals surface area (Å²) < 4.78 is 29.8. The fraction of sp³-hybridized carbons (Fsp3) is 0.417. The first kappa shape index (κ1) is 22.9. The Hall–Kier alpha value is -2.85. The Labute approximate surface area is 201 Å². The molecule has 180 valence electrons. The van der Waals surface area contributed by atoms with Crippen molar-refractivity contribution >= 4 is 29.0 Å². The van der Waals surface area contributed by atoms with Crippen molar-refractivity contribution in [1.82, 2.24) is 4.98 Å². The molecule has 0 radical (unpaired) electrons. The maximum Gasteiger partial charge on any atom is 0.268 e. The Morgan fingerprint density at radius 1 is 1.24 bits per heavy atom. The smallest absolute Gasteiger partial charge is 0.268 e. The molecular weight excluding hydrogens is 458 g/mol. The molecule has 1 aromatic heterocycles. The van der Waals surface area contributed by atoms with Crippen LogP contribution in [0.15, 0.2) is 35.1 Å². The molecule has 5 rings (SSSR count). The van der Waals surface area contributed by atoms with Crippen molar-refractivity contribution in [2.24, 2.45) is 17.2 Å². The molecule has 7 nitrogen and oxygen atoms in total. The minimum absolute atomic E-state index is 0.0196. The van der Waals surface area contributed by atoms with E-state index in [0.29, 0.717) is 12.2 Å². The highest BCUT2D eigenvalue weighted by molar-refractivity contribution is 8.03. The van der Waals surface area contributed by atoms with Crippen molar-refractivity contribution in [2.75, 3.05) is 22.9 Å². The van der Waals surface area contributed by atoms with Gasteiger partial charge in [0.1, 0.15) is 22.7 Å². The van der Waals surface area contributed by atoms with E-state index in [0.717, 1.165) is 67.4 Å². The van der Waals surface area contributed by atoms with Gasteiger partial charge in [0.15, 0.2) is 0 Å². The van der Waals surface area contributed by atoms with Gasteiger partial charge in [-0.15, -0.1) is 0 Å². The number of benzene rings is 1. The molecule has 3 heterocycles. The third-order valence-corrected chi connectivity index (χ3v) is 7.91. The van der Waals surface area contributed by atoms with Gasteiger partial charge in [-0.1, -0.05) is 17.8 Å². The van der Waals surface area contributed by atoms with Gasteiger partial charge in [-0.3, -0.25) is 9.78 Å². The molecule has 1 fully saturated rings. The summed E-state index contributed by atoms with van der Waals surface area (Å²) in [5, 5.41) is -0.827. The van der Waals surface area contributed by atoms with Crippen LogP contribution >= 0.6 is 11.8 Å². The third-order valence-electron chi connectivity index (χ3n) is 6.79. The summed E-state index contributed by atoms with van der Waals surface area (Å²) in [4.78, 5) is 21.0. The van der Waals surface area contributed by atoms with Crippen molar-refractivity contribution in [2.45, 2.75) is 49.9 Å². The van der Waals surface area contributed by atoms with E-state index in [4.69, 9.17) is 17.2 Å². The van der Waals surface area contributed by atoms with Crippen LogP contribution in [-0.4, -0.2) is 29.5 Å². The average Bonchev–Trinajstić information content (AvgIpc) is 3.36. The Morgan fingerprint density at radius 2 is 1.97 bits per heavy atom. The lowest BCUT2D eigenvalue weighted by Gasteiger charge is -2.42. The SMILES string of the molecule is C[C@]1(N)CCCN(c2c(N3C(C(N)=O)=C(N)SC3c3c(F)cccc3F)cnc3c2CCC3)C1. The van der Waals surface area contributed by atoms with E-state index in [-0.39, 0.29) is 21.8 Å². The number of anilines is 2. The number of halogens is 2. The number of aryl methyl sites for hydroxylation is 1. The number of amides is 1. The van der Waals surface area contributed by atoms with E-state index in [1.165, 1.54) is 18.2 Å². The van der Waals surface area contributed by atoms with Gasteiger partial charge in [-0.2, -0.15) is 0 Å². The zero-order chi connectivity index (χ0) is 24.2. The molecule has 10 heteroatoms. The maximum absolute atomic E-state index is 14.9. The van der Waals surface area contributed by atoms with Crippen LogP contribution in [0.25, 0.3) is 0 Å². The van der Waals surface area contributed by atoms with Gasteiger partial charge in [0, 0.05) is 24.3 Å². The van der Waals surface area contributed by atoms with Crippen LogP contribution in [0.2, 0.25) is 0 Å². The largest absolute Gasteiger partial charge is 0.392 e. The molecule has 3 aliphatic rings. The van der Waals surface area contributed by atoms with E-state index < -0.39 is 22.9 Å². The molecule has 2 aromatic rings. The molecule has 2 atom stereocenters. The summed E-state index contributed by atoms with van der Waals surface area (Å²) in [6.07, 6.45) is 6.13. The lowest BCUT2D eigenvalue weighted by molar-refractivity contribution is -0.114. The number of carbonyl (C=O) groups is 1. The third kappa shape index (κ3) is 3.78. The number of aromatic nitrogens is 1. The van der Waals surface area contributed by atoms with E-state index in [1.54, 1.807) is 11.1 Å². The summed E-state index contributed by atoms with van der Waals surface area (Å²) in [7, 11) is 0. The fourth-order valence-corrected chi connectivity index (χ4v) is 6.57. The lowest BCUT2D eigenvalue weighted by atomic mass is 9.91. The highest BCUT2D eigenvalue weighted by atomic mass is 32.2. The van der Waals surface area contributed by atoms with Crippen molar-refractivity contribution < 1.29 is 13.6 Å². The normalized spacial score (nSPS) is 24.6. The summed E-state index contributed by atoms with van der Waals surface area (Å²) in [5.74, 6) is -2.20. The number of carbonyl (C=O) groups excluding carboxylic acids is 1. The van der Waals surface area contributed by atoms with E-state index in [9.17, 15) is 13.6 Å². The zero-order valence-electron chi connectivity index (χ0n) is 19.0. The number of nitrogens with two attached hydrogens (primary N) is 3. The number of nitrogens with zero attached hydrogens (tertiary/aromatic N) is 3.